The summed E-state index contributed by atoms with van der Waals surface area (Å²) in [6, 6.07) is 5.05. The van der Waals surface area contributed by atoms with Gasteiger partial charge in [0.15, 0.2) is 0 Å². The Kier molecular flexibility index (Phi) is 4.67. The molecule has 2 N–H and O–H groups in total. The number of sulfonamides is 1. The van der Waals surface area contributed by atoms with Crippen molar-refractivity contribution in [3.05, 3.63) is 23.8 Å². The second-order valence-corrected chi connectivity index (χ2v) is 6.85. The third-order valence-electron chi connectivity index (χ3n) is 3.68. The minimum absolute atomic E-state index is 0.0971. The van der Waals surface area contributed by atoms with Crippen LogP contribution < -0.4 is 14.8 Å². The maximum Gasteiger partial charge on any atom is 0.240 e. The van der Waals surface area contributed by atoms with E-state index in [2.05, 4.69) is 17.0 Å². The number of nitrogens with one attached hydrogen (secondary N) is 2. The lowest BCUT2D eigenvalue weighted by molar-refractivity contribution is 0.408. The van der Waals surface area contributed by atoms with Crippen LogP contribution in [0.5, 0.6) is 5.75 Å². The molecule has 0 aromatic heterocycles. The third-order valence-corrected chi connectivity index (χ3v) is 5.17. The second kappa shape index (κ2) is 6.11. The summed E-state index contributed by atoms with van der Waals surface area (Å²) in [6.45, 7) is 2.64. The van der Waals surface area contributed by atoms with Crippen molar-refractivity contribution in [3.8, 4) is 5.75 Å². The molecule has 2 atom stereocenters. The summed E-state index contributed by atoms with van der Waals surface area (Å²) in [7, 11) is -0.0445. The predicted molar refractivity (Wildman–Crippen MR) is 78.3 cm³/mol. The van der Waals surface area contributed by atoms with Gasteiger partial charge in [-0.3, -0.25) is 0 Å². The van der Waals surface area contributed by atoms with Crippen LogP contribution in [0.15, 0.2) is 23.1 Å². The van der Waals surface area contributed by atoms with E-state index in [1.54, 1.807) is 25.3 Å². The zero-order chi connectivity index (χ0) is 14.8. The normalized spacial score (nSPS) is 21.8. The van der Waals surface area contributed by atoms with Gasteiger partial charge >= 0.3 is 0 Å². The van der Waals surface area contributed by atoms with E-state index in [0.29, 0.717) is 23.1 Å². The smallest absolute Gasteiger partial charge is 0.240 e. The number of hydrogen-bond acceptors (Lipinski definition) is 4. The van der Waals surface area contributed by atoms with Crippen LogP contribution in [-0.2, 0) is 16.6 Å². The zero-order valence-corrected chi connectivity index (χ0v) is 13.0. The van der Waals surface area contributed by atoms with Crippen LogP contribution in [-0.4, -0.2) is 28.6 Å². The first kappa shape index (κ1) is 15.3. The molecule has 5 nitrogen and oxygen atoms in total. The average molecular weight is 298 g/mol. The Hall–Kier alpha value is -1.11. The minimum Gasteiger partial charge on any atom is -0.496 e. The fraction of sp³-hybridized carbons (Fsp3) is 0.571. The molecular formula is C14H22N2O3S. The Morgan fingerprint density at radius 3 is 2.70 bits per heavy atom. The van der Waals surface area contributed by atoms with Crippen molar-refractivity contribution in [1.29, 1.82) is 0 Å². The maximum atomic E-state index is 12.3. The van der Waals surface area contributed by atoms with Gasteiger partial charge in [0.2, 0.25) is 10.0 Å². The van der Waals surface area contributed by atoms with Gasteiger partial charge in [-0.2, -0.15) is 0 Å². The SMILES string of the molecule is CCC1CC1NS(=O)(=O)c1ccc(OC)c(CNC)c1. The Morgan fingerprint density at radius 2 is 2.15 bits per heavy atom. The molecule has 0 amide bonds. The van der Waals surface area contributed by atoms with Crippen molar-refractivity contribution in [2.24, 2.45) is 5.92 Å². The molecule has 112 valence electrons. The molecule has 1 saturated carbocycles. The Labute approximate surface area is 120 Å². The van der Waals surface area contributed by atoms with Crippen LogP contribution in [0.2, 0.25) is 0 Å². The summed E-state index contributed by atoms with van der Waals surface area (Å²) in [6.07, 6.45) is 1.95. The molecule has 20 heavy (non-hydrogen) atoms. The maximum absolute atomic E-state index is 12.3. The molecule has 1 aromatic carbocycles. The monoisotopic (exact) mass is 298 g/mol. The summed E-state index contributed by atoms with van der Waals surface area (Å²) in [4.78, 5) is 0.297. The molecular weight excluding hydrogens is 276 g/mol. The van der Waals surface area contributed by atoms with Crippen LogP contribution in [0.3, 0.4) is 0 Å². The Morgan fingerprint density at radius 1 is 1.40 bits per heavy atom. The quantitative estimate of drug-likeness (QED) is 0.800. The molecule has 0 aliphatic heterocycles. The first-order valence-corrected chi connectivity index (χ1v) is 8.34. The van der Waals surface area contributed by atoms with Crippen molar-refractivity contribution in [3.63, 3.8) is 0 Å². The molecule has 2 unspecified atom stereocenters. The van der Waals surface area contributed by atoms with Gasteiger partial charge < -0.3 is 10.1 Å². The van der Waals surface area contributed by atoms with Gasteiger partial charge in [0, 0.05) is 18.2 Å². The van der Waals surface area contributed by atoms with Gasteiger partial charge in [-0.15, -0.1) is 0 Å². The number of ether oxygens (including phenoxy) is 1. The molecule has 0 heterocycles. The molecule has 0 spiro atoms. The fourth-order valence-corrected chi connectivity index (χ4v) is 3.73. The van der Waals surface area contributed by atoms with Gasteiger partial charge in [0.1, 0.15) is 5.75 Å². The topological polar surface area (TPSA) is 67.4 Å². The highest BCUT2D eigenvalue weighted by Crippen LogP contribution is 2.34. The molecule has 0 bridgehead atoms. The summed E-state index contributed by atoms with van der Waals surface area (Å²) in [5.41, 5.74) is 0.834. The number of benzene rings is 1. The summed E-state index contributed by atoms with van der Waals surface area (Å²) >= 11 is 0. The lowest BCUT2D eigenvalue weighted by atomic mass is 10.2. The van der Waals surface area contributed by atoms with E-state index < -0.39 is 10.0 Å². The van der Waals surface area contributed by atoms with Gasteiger partial charge in [0.25, 0.3) is 0 Å². The van der Waals surface area contributed by atoms with Crippen LogP contribution in [0.1, 0.15) is 25.3 Å². The van der Waals surface area contributed by atoms with Crippen LogP contribution in [0.4, 0.5) is 0 Å². The minimum atomic E-state index is -3.44. The summed E-state index contributed by atoms with van der Waals surface area (Å²) < 4.78 is 32.7. The highest BCUT2D eigenvalue weighted by Gasteiger charge is 2.38. The highest BCUT2D eigenvalue weighted by molar-refractivity contribution is 7.89. The van der Waals surface area contributed by atoms with E-state index >= 15 is 0 Å². The van der Waals surface area contributed by atoms with E-state index in [1.165, 1.54) is 0 Å². The highest BCUT2D eigenvalue weighted by atomic mass is 32.2. The Bertz CT molecular complexity index is 572. The van der Waals surface area contributed by atoms with E-state index in [9.17, 15) is 8.42 Å². The van der Waals surface area contributed by atoms with Gasteiger partial charge in [-0.1, -0.05) is 13.3 Å². The van der Waals surface area contributed by atoms with Gasteiger partial charge in [-0.05, 0) is 37.6 Å². The number of hydrogen-bond donors (Lipinski definition) is 2. The van der Waals surface area contributed by atoms with E-state index in [0.717, 1.165) is 18.4 Å². The molecule has 0 radical (unpaired) electrons. The van der Waals surface area contributed by atoms with Crippen LogP contribution in [0, 0.1) is 5.92 Å². The van der Waals surface area contributed by atoms with Crippen molar-refractivity contribution < 1.29 is 13.2 Å². The van der Waals surface area contributed by atoms with E-state index in [4.69, 9.17) is 4.74 Å². The van der Waals surface area contributed by atoms with Gasteiger partial charge in [-0.25, -0.2) is 13.1 Å². The Balaban J connectivity index is 2.21. The second-order valence-electron chi connectivity index (χ2n) is 5.14. The van der Waals surface area contributed by atoms with E-state index in [1.807, 2.05) is 7.05 Å². The van der Waals surface area contributed by atoms with Crippen LogP contribution in [0.25, 0.3) is 0 Å². The zero-order valence-electron chi connectivity index (χ0n) is 12.1. The first-order valence-electron chi connectivity index (χ1n) is 6.85. The van der Waals surface area contributed by atoms with Crippen molar-refractivity contribution >= 4 is 10.0 Å². The molecule has 2 rings (SSSR count). The van der Waals surface area contributed by atoms with E-state index in [-0.39, 0.29) is 6.04 Å². The fourth-order valence-electron chi connectivity index (χ4n) is 2.36. The molecule has 1 fully saturated rings. The van der Waals surface area contributed by atoms with Gasteiger partial charge in [0.05, 0.1) is 12.0 Å². The largest absolute Gasteiger partial charge is 0.496 e. The lowest BCUT2D eigenvalue weighted by Crippen LogP contribution is -2.27. The third kappa shape index (κ3) is 3.31. The molecule has 0 saturated heterocycles. The van der Waals surface area contributed by atoms with Crippen LogP contribution >= 0.6 is 0 Å². The van der Waals surface area contributed by atoms with Crippen molar-refractivity contribution in [1.82, 2.24) is 10.0 Å². The predicted octanol–water partition coefficient (Wildman–Crippen LogP) is 1.49. The average Bonchev–Trinajstić information content (AvgIpc) is 3.16. The molecule has 1 aliphatic carbocycles. The summed E-state index contributed by atoms with van der Waals surface area (Å²) in [5.74, 6) is 1.18. The molecule has 1 aliphatic rings. The van der Waals surface area contributed by atoms with Crippen molar-refractivity contribution in [2.45, 2.75) is 37.2 Å². The standard InChI is InChI=1S/C14H22N2O3S/c1-4-10-8-13(10)16-20(17,18)12-5-6-14(19-3)11(7-12)9-15-2/h5-7,10,13,15-16H,4,8-9H2,1-3H3. The lowest BCUT2D eigenvalue weighted by Gasteiger charge is -2.11. The molecule has 6 heteroatoms. The summed E-state index contributed by atoms with van der Waals surface area (Å²) in [5, 5.41) is 3.01. The molecule has 1 aromatic rings. The number of rotatable bonds is 7. The number of methoxy groups -OCH3 is 1. The first-order chi connectivity index (χ1) is 9.51. The van der Waals surface area contributed by atoms with Crippen molar-refractivity contribution in [2.75, 3.05) is 14.2 Å².